The molecule has 1 aromatic heterocycles. The zero-order chi connectivity index (χ0) is 13.9. The Hall–Kier alpha value is -0.980. The molecule has 2 heterocycles. The number of ether oxygens (including phenoxy) is 1. The van der Waals surface area contributed by atoms with Crippen molar-refractivity contribution in [2.75, 3.05) is 26.8 Å². The van der Waals surface area contributed by atoms with Crippen LogP contribution in [0.4, 0.5) is 0 Å². The molecule has 108 valence electrons. The van der Waals surface area contributed by atoms with E-state index in [0.29, 0.717) is 24.2 Å². The van der Waals surface area contributed by atoms with Gasteiger partial charge in [0.05, 0.1) is 18.7 Å². The van der Waals surface area contributed by atoms with Crippen molar-refractivity contribution < 1.29 is 9.26 Å². The van der Waals surface area contributed by atoms with Crippen molar-refractivity contribution >= 4 is 0 Å². The van der Waals surface area contributed by atoms with Crippen molar-refractivity contribution in [3.05, 3.63) is 11.7 Å². The Morgan fingerprint density at radius 1 is 1.53 bits per heavy atom. The molecule has 2 rings (SSSR count). The minimum atomic E-state index is -0.553. The van der Waals surface area contributed by atoms with Gasteiger partial charge in [0.15, 0.2) is 5.82 Å². The lowest BCUT2D eigenvalue weighted by atomic mass is 9.99. The average molecular weight is 268 g/mol. The van der Waals surface area contributed by atoms with Gasteiger partial charge in [-0.15, -0.1) is 0 Å². The van der Waals surface area contributed by atoms with Gasteiger partial charge in [-0.1, -0.05) is 5.16 Å². The second-order valence-electron chi connectivity index (χ2n) is 5.93. The van der Waals surface area contributed by atoms with E-state index in [1.54, 1.807) is 7.11 Å². The van der Waals surface area contributed by atoms with Crippen molar-refractivity contribution in [1.29, 1.82) is 0 Å². The fourth-order valence-corrected chi connectivity index (χ4v) is 2.44. The number of likely N-dealkylation sites (tertiary alicyclic amines) is 1. The monoisotopic (exact) mass is 268 g/mol. The molecule has 0 aromatic carbocycles. The number of rotatable bonds is 5. The molecule has 19 heavy (non-hydrogen) atoms. The molecule has 6 nitrogen and oxygen atoms in total. The quantitative estimate of drug-likeness (QED) is 0.862. The first-order chi connectivity index (χ1) is 8.99. The molecule has 0 spiro atoms. The Morgan fingerprint density at radius 3 is 2.95 bits per heavy atom. The number of nitrogens with zero attached hydrogens (tertiary/aromatic N) is 3. The van der Waals surface area contributed by atoms with E-state index in [-0.39, 0.29) is 0 Å². The first-order valence-corrected chi connectivity index (χ1v) is 6.82. The molecule has 0 bridgehead atoms. The topological polar surface area (TPSA) is 77.4 Å². The first kappa shape index (κ1) is 14.4. The Labute approximate surface area is 114 Å². The highest BCUT2D eigenvalue weighted by Crippen LogP contribution is 2.19. The molecule has 0 radical (unpaired) electrons. The lowest BCUT2D eigenvalue weighted by Gasteiger charge is -2.31. The first-order valence-electron chi connectivity index (χ1n) is 6.82. The highest BCUT2D eigenvalue weighted by molar-refractivity contribution is 4.99. The summed E-state index contributed by atoms with van der Waals surface area (Å²) in [5, 5.41) is 3.95. The summed E-state index contributed by atoms with van der Waals surface area (Å²) in [5.74, 6) is 1.81. The van der Waals surface area contributed by atoms with E-state index in [2.05, 4.69) is 15.0 Å². The van der Waals surface area contributed by atoms with Gasteiger partial charge in [0.25, 0.3) is 0 Å². The van der Waals surface area contributed by atoms with Gasteiger partial charge in [0, 0.05) is 13.7 Å². The standard InChI is InChI=1S/C13H24N4O2/c1-13(2,14)12-15-11(19-16-12)8-17-6-4-5-10(7-17)9-18-3/h10H,4-9,14H2,1-3H3. The van der Waals surface area contributed by atoms with Crippen molar-refractivity contribution in [3.8, 4) is 0 Å². The summed E-state index contributed by atoms with van der Waals surface area (Å²) in [6.45, 7) is 7.36. The summed E-state index contributed by atoms with van der Waals surface area (Å²) in [7, 11) is 1.76. The largest absolute Gasteiger partial charge is 0.384 e. The SMILES string of the molecule is COCC1CCCN(Cc2nc(C(C)(C)N)no2)C1. The van der Waals surface area contributed by atoms with E-state index in [4.69, 9.17) is 15.0 Å². The number of piperidine rings is 1. The molecule has 0 aliphatic carbocycles. The number of aromatic nitrogens is 2. The zero-order valence-electron chi connectivity index (χ0n) is 12.1. The minimum Gasteiger partial charge on any atom is -0.384 e. The maximum absolute atomic E-state index is 5.95. The van der Waals surface area contributed by atoms with Crippen molar-refractivity contribution in [3.63, 3.8) is 0 Å². The second kappa shape index (κ2) is 5.98. The Kier molecular flexibility index (Phi) is 4.54. The normalized spacial score (nSPS) is 21.8. The van der Waals surface area contributed by atoms with E-state index in [1.807, 2.05) is 13.8 Å². The summed E-state index contributed by atoms with van der Waals surface area (Å²) in [6, 6.07) is 0. The summed E-state index contributed by atoms with van der Waals surface area (Å²) < 4.78 is 10.5. The summed E-state index contributed by atoms with van der Waals surface area (Å²) >= 11 is 0. The van der Waals surface area contributed by atoms with Crippen LogP contribution in [0.5, 0.6) is 0 Å². The van der Waals surface area contributed by atoms with Crippen LogP contribution in [-0.2, 0) is 16.8 Å². The third kappa shape index (κ3) is 3.99. The molecule has 1 aliphatic rings. The summed E-state index contributed by atoms with van der Waals surface area (Å²) in [4.78, 5) is 6.71. The number of nitrogens with two attached hydrogens (primary N) is 1. The van der Waals surface area contributed by atoms with Crippen LogP contribution >= 0.6 is 0 Å². The highest BCUT2D eigenvalue weighted by Gasteiger charge is 2.24. The maximum Gasteiger partial charge on any atom is 0.240 e. The van der Waals surface area contributed by atoms with Gasteiger partial charge in [-0.05, 0) is 39.2 Å². The van der Waals surface area contributed by atoms with Crippen molar-refractivity contribution in [2.45, 2.75) is 38.8 Å². The molecule has 1 unspecified atom stereocenters. The van der Waals surface area contributed by atoms with Gasteiger partial charge < -0.3 is 15.0 Å². The fourth-order valence-electron chi connectivity index (χ4n) is 2.44. The Balaban J connectivity index is 1.92. The fraction of sp³-hybridized carbons (Fsp3) is 0.846. The molecule has 0 saturated carbocycles. The van der Waals surface area contributed by atoms with Gasteiger partial charge in [0.1, 0.15) is 0 Å². The lowest BCUT2D eigenvalue weighted by molar-refractivity contribution is 0.0820. The Bertz CT molecular complexity index is 398. The number of methoxy groups -OCH3 is 1. The van der Waals surface area contributed by atoms with Crippen molar-refractivity contribution in [2.24, 2.45) is 11.7 Å². The van der Waals surface area contributed by atoms with E-state index in [0.717, 1.165) is 19.7 Å². The van der Waals surface area contributed by atoms with Gasteiger partial charge in [0.2, 0.25) is 5.89 Å². The second-order valence-corrected chi connectivity index (χ2v) is 5.93. The average Bonchev–Trinajstić information content (AvgIpc) is 2.78. The lowest BCUT2D eigenvalue weighted by Crippen LogP contribution is -2.36. The van der Waals surface area contributed by atoms with Crippen LogP contribution in [0.25, 0.3) is 0 Å². The van der Waals surface area contributed by atoms with E-state index in [1.165, 1.54) is 12.8 Å². The smallest absolute Gasteiger partial charge is 0.240 e. The summed E-state index contributed by atoms with van der Waals surface area (Å²) in [5.41, 5.74) is 5.40. The van der Waals surface area contributed by atoms with E-state index in [9.17, 15) is 0 Å². The van der Waals surface area contributed by atoms with Gasteiger partial charge in [-0.3, -0.25) is 4.90 Å². The molecule has 0 amide bonds. The van der Waals surface area contributed by atoms with Crippen LogP contribution in [0.3, 0.4) is 0 Å². The predicted octanol–water partition coefficient (Wildman–Crippen LogP) is 1.12. The van der Waals surface area contributed by atoms with Gasteiger partial charge in [-0.25, -0.2) is 0 Å². The van der Waals surface area contributed by atoms with Crippen LogP contribution in [0.2, 0.25) is 0 Å². The van der Waals surface area contributed by atoms with E-state index >= 15 is 0 Å². The molecule has 2 N–H and O–H groups in total. The third-order valence-corrected chi connectivity index (χ3v) is 3.41. The molecule has 1 saturated heterocycles. The van der Waals surface area contributed by atoms with Crippen LogP contribution in [0.1, 0.15) is 38.4 Å². The molecule has 1 aromatic rings. The predicted molar refractivity (Wildman–Crippen MR) is 71.4 cm³/mol. The van der Waals surface area contributed by atoms with Crippen LogP contribution < -0.4 is 5.73 Å². The molecule has 1 fully saturated rings. The van der Waals surface area contributed by atoms with Crippen LogP contribution in [0, 0.1) is 5.92 Å². The van der Waals surface area contributed by atoms with Crippen LogP contribution in [-0.4, -0.2) is 41.8 Å². The van der Waals surface area contributed by atoms with E-state index < -0.39 is 5.54 Å². The maximum atomic E-state index is 5.95. The van der Waals surface area contributed by atoms with Crippen LogP contribution in [0.15, 0.2) is 4.52 Å². The number of hydrogen-bond acceptors (Lipinski definition) is 6. The molecular formula is C13H24N4O2. The summed E-state index contributed by atoms with van der Waals surface area (Å²) in [6.07, 6.45) is 2.42. The zero-order valence-corrected chi connectivity index (χ0v) is 12.1. The molecule has 1 atom stereocenters. The molecule has 1 aliphatic heterocycles. The number of hydrogen-bond donors (Lipinski definition) is 1. The molecular weight excluding hydrogens is 244 g/mol. The van der Waals surface area contributed by atoms with Gasteiger partial charge >= 0.3 is 0 Å². The Morgan fingerprint density at radius 2 is 2.32 bits per heavy atom. The highest BCUT2D eigenvalue weighted by atomic mass is 16.5. The van der Waals surface area contributed by atoms with Gasteiger partial charge in [-0.2, -0.15) is 4.98 Å². The minimum absolute atomic E-state index is 0.553. The third-order valence-electron chi connectivity index (χ3n) is 3.41. The molecule has 6 heteroatoms. The van der Waals surface area contributed by atoms with Crippen molar-refractivity contribution in [1.82, 2.24) is 15.0 Å².